The number of benzene rings is 1. The van der Waals surface area contributed by atoms with Gasteiger partial charge >= 0.3 is 0 Å². The van der Waals surface area contributed by atoms with E-state index >= 15 is 0 Å². The van der Waals surface area contributed by atoms with Crippen LogP contribution in [0.3, 0.4) is 0 Å². The third-order valence-corrected chi connectivity index (χ3v) is 4.44. The first-order chi connectivity index (χ1) is 9.94. The maximum atomic E-state index is 11.8. The molecule has 21 heavy (non-hydrogen) atoms. The molecule has 4 heteroatoms. The smallest absolute Gasteiger partial charge is 0.220 e. The quantitative estimate of drug-likeness (QED) is 0.926. The highest BCUT2D eigenvalue weighted by Gasteiger charge is 2.15. The molecular weight excluding hydrogens is 280 g/mol. The average Bonchev–Trinajstić information content (AvgIpc) is 2.45. The number of carbonyl (C=O) groups is 1. The van der Waals surface area contributed by atoms with E-state index in [1.807, 2.05) is 11.8 Å². The highest BCUT2D eigenvalue weighted by atomic mass is 32.2. The molecule has 0 radical (unpaired) electrons. The lowest BCUT2D eigenvalue weighted by Crippen LogP contribution is -2.32. The minimum atomic E-state index is 0.0419. The molecule has 3 nitrogen and oxygen atoms in total. The normalized spacial score (nSPS) is 15.9. The molecule has 116 valence electrons. The summed E-state index contributed by atoms with van der Waals surface area (Å²) in [6.45, 7) is 9.12. The van der Waals surface area contributed by atoms with Gasteiger partial charge in [0.15, 0.2) is 0 Å². The summed E-state index contributed by atoms with van der Waals surface area (Å²) in [5.74, 6) is 2.55. The van der Waals surface area contributed by atoms with E-state index in [0.717, 1.165) is 18.7 Å². The summed E-state index contributed by atoms with van der Waals surface area (Å²) < 4.78 is 0. The van der Waals surface area contributed by atoms with E-state index in [2.05, 4.69) is 55.3 Å². The third kappa shape index (κ3) is 5.62. The van der Waals surface area contributed by atoms with Crippen molar-refractivity contribution in [2.75, 3.05) is 29.5 Å². The zero-order chi connectivity index (χ0) is 15.3. The number of nitrogens with one attached hydrogen (secondary N) is 1. The van der Waals surface area contributed by atoms with Crippen molar-refractivity contribution in [3.63, 3.8) is 0 Å². The molecular formula is C17H26N2OS. The van der Waals surface area contributed by atoms with Crippen molar-refractivity contribution in [1.82, 2.24) is 5.32 Å². The second kappa shape index (κ2) is 7.21. The molecule has 1 amide bonds. The monoisotopic (exact) mass is 306 g/mol. The Balaban J connectivity index is 1.83. The summed E-state index contributed by atoms with van der Waals surface area (Å²) in [5, 5.41) is 3.00. The number of rotatable bonds is 4. The maximum Gasteiger partial charge on any atom is 0.220 e. The summed E-state index contributed by atoms with van der Waals surface area (Å²) in [5.41, 5.74) is 2.49. The summed E-state index contributed by atoms with van der Waals surface area (Å²) in [6.07, 6.45) is 0.566. The van der Waals surface area contributed by atoms with Crippen molar-refractivity contribution in [2.24, 2.45) is 5.41 Å². The molecule has 0 spiro atoms. The molecule has 1 fully saturated rings. The van der Waals surface area contributed by atoms with Gasteiger partial charge in [-0.25, -0.2) is 0 Å². The summed E-state index contributed by atoms with van der Waals surface area (Å²) in [4.78, 5) is 14.3. The molecule has 1 aromatic carbocycles. The van der Waals surface area contributed by atoms with Crippen LogP contribution in [-0.2, 0) is 11.3 Å². The Morgan fingerprint density at radius 2 is 1.81 bits per heavy atom. The highest BCUT2D eigenvalue weighted by Crippen LogP contribution is 2.20. The Labute approximate surface area is 132 Å². The van der Waals surface area contributed by atoms with Crippen molar-refractivity contribution >= 4 is 23.4 Å². The summed E-state index contributed by atoms with van der Waals surface area (Å²) >= 11 is 2.02. The number of hydrogen-bond donors (Lipinski definition) is 1. The molecule has 1 aliphatic rings. The van der Waals surface area contributed by atoms with Crippen molar-refractivity contribution in [3.05, 3.63) is 29.8 Å². The number of carbonyl (C=O) groups excluding carboxylic acids is 1. The van der Waals surface area contributed by atoms with Gasteiger partial charge in [0.25, 0.3) is 0 Å². The lowest BCUT2D eigenvalue weighted by Gasteiger charge is -2.28. The molecule has 0 aromatic heterocycles. The highest BCUT2D eigenvalue weighted by molar-refractivity contribution is 7.99. The predicted octanol–water partition coefficient (Wildman–Crippen LogP) is 3.29. The van der Waals surface area contributed by atoms with Crippen LogP contribution in [-0.4, -0.2) is 30.5 Å². The van der Waals surface area contributed by atoms with Gasteiger partial charge in [-0.3, -0.25) is 4.79 Å². The fraction of sp³-hybridized carbons (Fsp3) is 0.588. The molecule has 1 saturated heterocycles. The second-order valence-electron chi connectivity index (χ2n) is 6.78. The lowest BCUT2D eigenvalue weighted by molar-refractivity contribution is -0.122. The van der Waals surface area contributed by atoms with E-state index in [4.69, 9.17) is 0 Å². The van der Waals surface area contributed by atoms with Crippen LogP contribution < -0.4 is 10.2 Å². The Bertz CT molecular complexity index is 459. The number of thioether (sulfide) groups is 1. The predicted molar refractivity (Wildman–Crippen MR) is 91.9 cm³/mol. The van der Waals surface area contributed by atoms with Gasteiger partial charge in [0, 0.05) is 43.2 Å². The molecule has 0 atom stereocenters. The van der Waals surface area contributed by atoms with E-state index in [9.17, 15) is 4.79 Å². The lowest BCUT2D eigenvalue weighted by atomic mass is 9.92. The fourth-order valence-corrected chi connectivity index (χ4v) is 3.29. The van der Waals surface area contributed by atoms with Gasteiger partial charge in [-0.2, -0.15) is 11.8 Å². The van der Waals surface area contributed by atoms with E-state index < -0.39 is 0 Å². The van der Waals surface area contributed by atoms with Crippen molar-refractivity contribution < 1.29 is 4.79 Å². The molecule has 2 rings (SSSR count). The molecule has 0 bridgehead atoms. The molecule has 1 heterocycles. The van der Waals surface area contributed by atoms with Crippen LogP contribution in [0.5, 0.6) is 0 Å². The molecule has 0 aliphatic carbocycles. The Kier molecular flexibility index (Phi) is 5.57. The van der Waals surface area contributed by atoms with Gasteiger partial charge < -0.3 is 10.2 Å². The minimum Gasteiger partial charge on any atom is -0.370 e. The number of anilines is 1. The first-order valence-electron chi connectivity index (χ1n) is 7.62. The largest absolute Gasteiger partial charge is 0.370 e. The third-order valence-electron chi connectivity index (χ3n) is 3.49. The first-order valence-corrected chi connectivity index (χ1v) is 8.78. The Morgan fingerprint density at radius 1 is 1.19 bits per heavy atom. The van der Waals surface area contributed by atoms with Crippen molar-refractivity contribution in [3.8, 4) is 0 Å². The van der Waals surface area contributed by atoms with E-state index in [0.29, 0.717) is 13.0 Å². The molecule has 1 aliphatic heterocycles. The molecule has 1 aromatic rings. The van der Waals surface area contributed by atoms with E-state index in [1.54, 1.807) is 0 Å². The van der Waals surface area contributed by atoms with Gasteiger partial charge in [0.2, 0.25) is 5.91 Å². The van der Waals surface area contributed by atoms with Crippen LogP contribution in [0.25, 0.3) is 0 Å². The van der Waals surface area contributed by atoms with Crippen molar-refractivity contribution in [2.45, 2.75) is 33.7 Å². The van der Waals surface area contributed by atoms with E-state index in [1.165, 1.54) is 17.2 Å². The zero-order valence-corrected chi connectivity index (χ0v) is 14.1. The van der Waals surface area contributed by atoms with Crippen LogP contribution in [0.1, 0.15) is 32.8 Å². The molecule has 0 saturated carbocycles. The fourth-order valence-electron chi connectivity index (χ4n) is 2.39. The van der Waals surface area contributed by atoms with Crippen LogP contribution in [0.4, 0.5) is 5.69 Å². The van der Waals surface area contributed by atoms with Crippen molar-refractivity contribution in [1.29, 1.82) is 0 Å². The first kappa shape index (κ1) is 16.2. The van der Waals surface area contributed by atoms with Gasteiger partial charge in [-0.05, 0) is 23.1 Å². The Hall–Kier alpha value is -1.16. The van der Waals surface area contributed by atoms with Crippen LogP contribution in [0.15, 0.2) is 24.3 Å². The zero-order valence-electron chi connectivity index (χ0n) is 13.3. The molecule has 1 N–H and O–H groups in total. The maximum absolute atomic E-state index is 11.8. The topological polar surface area (TPSA) is 32.3 Å². The number of hydrogen-bond acceptors (Lipinski definition) is 3. The average molecular weight is 306 g/mol. The van der Waals surface area contributed by atoms with Gasteiger partial charge in [0.05, 0.1) is 0 Å². The van der Waals surface area contributed by atoms with E-state index in [-0.39, 0.29) is 11.3 Å². The van der Waals surface area contributed by atoms with Gasteiger partial charge in [-0.15, -0.1) is 0 Å². The van der Waals surface area contributed by atoms with Crippen LogP contribution in [0, 0.1) is 5.41 Å². The molecule has 0 unspecified atom stereocenters. The SMILES string of the molecule is CC(C)(C)CC(=O)NCc1ccc(N2CCSCC2)cc1. The van der Waals surface area contributed by atoms with Gasteiger partial charge in [0.1, 0.15) is 0 Å². The standard InChI is InChI=1S/C17H26N2OS/c1-17(2,3)12-16(20)18-13-14-4-6-15(7-5-14)19-8-10-21-11-9-19/h4-7H,8-13H2,1-3H3,(H,18,20). The summed E-state index contributed by atoms with van der Waals surface area (Å²) in [6, 6.07) is 8.57. The second-order valence-corrected chi connectivity index (χ2v) is 8.00. The minimum absolute atomic E-state index is 0.0419. The van der Waals surface area contributed by atoms with Crippen LogP contribution >= 0.6 is 11.8 Å². The summed E-state index contributed by atoms with van der Waals surface area (Å²) in [7, 11) is 0. The number of nitrogens with zero attached hydrogens (tertiary/aromatic N) is 1. The number of amides is 1. The van der Waals surface area contributed by atoms with Gasteiger partial charge in [-0.1, -0.05) is 32.9 Å². The van der Waals surface area contributed by atoms with Crippen LogP contribution in [0.2, 0.25) is 0 Å². The Morgan fingerprint density at radius 3 is 2.38 bits per heavy atom.